The zero-order valence-electron chi connectivity index (χ0n) is 12.0. The molecule has 1 aromatic rings. The number of methoxy groups -OCH3 is 1. The van der Waals surface area contributed by atoms with Crippen LogP contribution in [-0.2, 0) is 11.3 Å². The van der Waals surface area contributed by atoms with Gasteiger partial charge in [0, 0.05) is 25.9 Å². The molecule has 0 spiro atoms. The summed E-state index contributed by atoms with van der Waals surface area (Å²) < 4.78 is 5.07. The maximum atomic E-state index is 9.34. The molecule has 0 saturated heterocycles. The number of pyridine rings is 1. The Balaban J connectivity index is 3.02. The maximum absolute atomic E-state index is 9.34. The lowest BCUT2D eigenvalue weighted by molar-refractivity contribution is 0.202. The van der Waals surface area contributed by atoms with Crippen molar-refractivity contribution >= 4 is 5.82 Å². The van der Waals surface area contributed by atoms with Gasteiger partial charge in [-0.1, -0.05) is 13.8 Å². The Labute approximate surface area is 114 Å². The number of hydrogen-bond donors (Lipinski definition) is 2. The van der Waals surface area contributed by atoms with Crippen LogP contribution in [0.3, 0.4) is 0 Å². The molecular weight excluding hydrogens is 244 g/mol. The molecule has 0 unspecified atom stereocenters. The summed E-state index contributed by atoms with van der Waals surface area (Å²) in [5.41, 5.74) is 1.79. The molecular formula is C14H24N2O3. The standard InChI is InChI=1S/C14H24N2O3/c1-11(2)13-8-12(10-18)9-14(15-13)16(4-6-17)5-7-19-3/h8-9,11,17-18H,4-7,10H2,1-3H3. The van der Waals surface area contributed by atoms with E-state index in [-0.39, 0.29) is 13.2 Å². The topological polar surface area (TPSA) is 65.8 Å². The Bertz CT molecular complexity index is 383. The Kier molecular flexibility index (Phi) is 6.77. The lowest BCUT2D eigenvalue weighted by Crippen LogP contribution is -2.31. The third kappa shape index (κ3) is 4.78. The second-order valence-corrected chi connectivity index (χ2v) is 4.77. The van der Waals surface area contributed by atoms with Gasteiger partial charge in [-0.2, -0.15) is 0 Å². The van der Waals surface area contributed by atoms with E-state index in [1.54, 1.807) is 7.11 Å². The van der Waals surface area contributed by atoms with E-state index in [1.807, 2.05) is 17.0 Å². The van der Waals surface area contributed by atoms with Crippen LogP contribution in [-0.4, -0.2) is 48.6 Å². The highest BCUT2D eigenvalue weighted by atomic mass is 16.5. The summed E-state index contributed by atoms with van der Waals surface area (Å²) in [5.74, 6) is 1.07. The van der Waals surface area contributed by atoms with Gasteiger partial charge in [0.15, 0.2) is 0 Å². The van der Waals surface area contributed by atoms with Crippen molar-refractivity contribution in [1.82, 2.24) is 4.98 Å². The van der Waals surface area contributed by atoms with E-state index in [2.05, 4.69) is 18.8 Å². The quantitative estimate of drug-likeness (QED) is 0.740. The van der Waals surface area contributed by atoms with Crippen molar-refractivity contribution in [1.29, 1.82) is 0 Å². The van der Waals surface area contributed by atoms with Crippen LogP contribution in [0.5, 0.6) is 0 Å². The number of aliphatic hydroxyl groups excluding tert-OH is 2. The molecule has 1 aromatic heterocycles. The number of anilines is 1. The van der Waals surface area contributed by atoms with Gasteiger partial charge >= 0.3 is 0 Å². The smallest absolute Gasteiger partial charge is 0.129 e. The van der Waals surface area contributed by atoms with Crippen molar-refractivity contribution in [3.63, 3.8) is 0 Å². The molecule has 0 aliphatic rings. The van der Waals surface area contributed by atoms with Crippen LogP contribution in [0.4, 0.5) is 5.82 Å². The van der Waals surface area contributed by atoms with Crippen molar-refractivity contribution in [2.75, 3.05) is 38.3 Å². The van der Waals surface area contributed by atoms with Gasteiger partial charge in [0.1, 0.15) is 5.82 Å². The van der Waals surface area contributed by atoms with Crippen LogP contribution in [0.1, 0.15) is 31.0 Å². The number of aromatic nitrogens is 1. The van der Waals surface area contributed by atoms with Gasteiger partial charge in [-0.15, -0.1) is 0 Å². The minimum atomic E-state index is -0.00746. The van der Waals surface area contributed by atoms with Gasteiger partial charge in [0.05, 0.1) is 19.8 Å². The molecule has 0 aromatic carbocycles. The molecule has 0 atom stereocenters. The van der Waals surface area contributed by atoms with Crippen LogP contribution in [0, 0.1) is 0 Å². The molecule has 2 N–H and O–H groups in total. The summed E-state index contributed by atoms with van der Waals surface area (Å²) in [4.78, 5) is 6.57. The fourth-order valence-electron chi connectivity index (χ4n) is 1.81. The Hall–Kier alpha value is -1.17. The molecule has 108 valence electrons. The molecule has 0 aliphatic carbocycles. The molecule has 0 fully saturated rings. The van der Waals surface area contributed by atoms with Gasteiger partial charge < -0.3 is 19.8 Å². The highest BCUT2D eigenvalue weighted by molar-refractivity contribution is 5.43. The van der Waals surface area contributed by atoms with E-state index in [1.165, 1.54) is 0 Å². The van der Waals surface area contributed by atoms with Crippen molar-refractivity contribution in [2.45, 2.75) is 26.4 Å². The third-order valence-electron chi connectivity index (χ3n) is 2.92. The second-order valence-electron chi connectivity index (χ2n) is 4.77. The first-order valence-corrected chi connectivity index (χ1v) is 6.58. The van der Waals surface area contributed by atoms with E-state index in [0.29, 0.717) is 25.6 Å². The molecule has 1 rings (SSSR count). The van der Waals surface area contributed by atoms with Gasteiger partial charge in [-0.3, -0.25) is 0 Å². The summed E-state index contributed by atoms with van der Waals surface area (Å²) >= 11 is 0. The zero-order chi connectivity index (χ0) is 14.3. The Morgan fingerprint density at radius 2 is 2.00 bits per heavy atom. The average molecular weight is 268 g/mol. The molecule has 0 amide bonds. The van der Waals surface area contributed by atoms with Crippen molar-refractivity contribution in [3.05, 3.63) is 23.4 Å². The predicted molar refractivity (Wildman–Crippen MR) is 75.4 cm³/mol. The Morgan fingerprint density at radius 1 is 1.26 bits per heavy atom. The molecule has 5 nitrogen and oxygen atoms in total. The van der Waals surface area contributed by atoms with Crippen LogP contribution >= 0.6 is 0 Å². The summed E-state index contributed by atoms with van der Waals surface area (Å²) in [6, 6.07) is 3.78. The first kappa shape index (κ1) is 15.9. The Morgan fingerprint density at radius 3 is 2.53 bits per heavy atom. The normalized spacial score (nSPS) is 11.1. The highest BCUT2D eigenvalue weighted by Crippen LogP contribution is 2.20. The molecule has 1 heterocycles. The minimum Gasteiger partial charge on any atom is -0.395 e. The number of hydrogen-bond acceptors (Lipinski definition) is 5. The molecule has 19 heavy (non-hydrogen) atoms. The van der Waals surface area contributed by atoms with Gasteiger partial charge in [0.25, 0.3) is 0 Å². The number of rotatable bonds is 8. The summed E-state index contributed by atoms with van der Waals surface area (Å²) in [5, 5.41) is 18.5. The monoisotopic (exact) mass is 268 g/mol. The van der Waals surface area contributed by atoms with Crippen LogP contribution in [0.2, 0.25) is 0 Å². The van der Waals surface area contributed by atoms with Crippen LogP contribution in [0.15, 0.2) is 12.1 Å². The van der Waals surface area contributed by atoms with Gasteiger partial charge in [-0.25, -0.2) is 4.98 Å². The van der Waals surface area contributed by atoms with Crippen molar-refractivity contribution in [2.24, 2.45) is 0 Å². The molecule has 0 bridgehead atoms. The van der Waals surface area contributed by atoms with Crippen LogP contribution in [0.25, 0.3) is 0 Å². The molecule has 5 heteroatoms. The van der Waals surface area contributed by atoms with E-state index in [9.17, 15) is 5.11 Å². The summed E-state index contributed by atoms with van der Waals surface area (Å²) in [7, 11) is 1.65. The average Bonchev–Trinajstić information content (AvgIpc) is 2.42. The first-order chi connectivity index (χ1) is 9.12. The maximum Gasteiger partial charge on any atom is 0.129 e. The number of ether oxygens (including phenoxy) is 1. The zero-order valence-corrected chi connectivity index (χ0v) is 12.0. The lowest BCUT2D eigenvalue weighted by Gasteiger charge is -2.24. The highest BCUT2D eigenvalue weighted by Gasteiger charge is 2.11. The lowest BCUT2D eigenvalue weighted by atomic mass is 10.1. The summed E-state index contributed by atoms with van der Waals surface area (Å²) in [6.45, 7) is 5.93. The fraction of sp³-hybridized carbons (Fsp3) is 0.643. The molecule has 0 radical (unpaired) electrons. The van der Waals surface area contributed by atoms with E-state index >= 15 is 0 Å². The van der Waals surface area contributed by atoms with Gasteiger partial charge in [0.2, 0.25) is 0 Å². The predicted octanol–water partition coefficient (Wildman–Crippen LogP) is 1.14. The van der Waals surface area contributed by atoms with Gasteiger partial charge in [-0.05, 0) is 23.6 Å². The van der Waals surface area contributed by atoms with Crippen molar-refractivity contribution < 1.29 is 14.9 Å². The molecule has 0 saturated carbocycles. The minimum absolute atomic E-state index is 0.00746. The number of aliphatic hydroxyl groups is 2. The fourth-order valence-corrected chi connectivity index (χ4v) is 1.81. The second kappa shape index (κ2) is 8.09. The summed E-state index contributed by atoms with van der Waals surface area (Å²) in [6.07, 6.45) is 0. The third-order valence-corrected chi connectivity index (χ3v) is 2.92. The van der Waals surface area contributed by atoms with Crippen molar-refractivity contribution in [3.8, 4) is 0 Å². The number of nitrogens with zero attached hydrogens (tertiary/aromatic N) is 2. The van der Waals surface area contributed by atoms with E-state index in [4.69, 9.17) is 9.84 Å². The first-order valence-electron chi connectivity index (χ1n) is 6.58. The molecule has 0 aliphatic heterocycles. The SMILES string of the molecule is COCCN(CCO)c1cc(CO)cc(C(C)C)n1. The largest absolute Gasteiger partial charge is 0.395 e. The van der Waals surface area contributed by atoms with E-state index in [0.717, 1.165) is 17.1 Å². The van der Waals surface area contributed by atoms with Crippen LogP contribution < -0.4 is 4.90 Å². The van der Waals surface area contributed by atoms with E-state index < -0.39 is 0 Å².